The second-order valence-electron chi connectivity index (χ2n) is 2.96. The van der Waals surface area contributed by atoms with E-state index in [-0.39, 0.29) is 0 Å². The first kappa shape index (κ1) is 10.2. The molecule has 2 aromatic rings. The molecule has 0 saturated heterocycles. The number of halogens is 1. The van der Waals surface area contributed by atoms with Gasteiger partial charge in [0.25, 0.3) is 0 Å². The Kier molecular flexibility index (Phi) is 2.75. The first-order valence-corrected chi connectivity index (χ1v) is 4.94. The van der Waals surface area contributed by atoms with Crippen LogP contribution in [0.2, 0.25) is 5.02 Å². The van der Waals surface area contributed by atoms with E-state index in [1.807, 2.05) is 13.1 Å². The van der Waals surface area contributed by atoms with Gasteiger partial charge in [0, 0.05) is 25.0 Å². The lowest BCUT2D eigenvalue weighted by atomic mass is 10.2. The monoisotopic (exact) mass is 238 g/mol. The lowest BCUT2D eigenvalue weighted by Crippen LogP contribution is -1.94. The van der Waals surface area contributed by atoms with Crippen LogP contribution >= 0.6 is 11.6 Å². The molecule has 1 heterocycles. The zero-order valence-electron chi connectivity index (χ0n) is 7.88. The van der Waals surface area contributed by atoms with Crippen molar-refractivity contribution in [3.8, 4) is 11.4 Å². The predicted octanol–water partition coefficient (Wildman–Crippen LogP) is 2.50. The fraction of sp³-hybridized carbons (Fsp3) is 0.111. The van der Waals surface area contributed by atoms with Gasteiger partial charge in [-0.05, 0) is 18.2 Å². The number of aromatic nitrogens is 3. The van der Waals surface area contributed by atoms with Crippen LogP contribution in [0, 0.1) is 0 Å². The second-order valence-corrected chi connectivity index (χ2v) is 3.55. The molecule has 0 radical (unpaired) electrons. The third-order valence-corrected chi connectivity index (χ3v) is 2.53. The molecule has 0 fully saturated rings. The summed E-state index contributed by atoms with van der Waals surface area (Å²) in [5.74, 6) is 0.718. The van der Waals surface area contributed by atoms with Crippen molar-refractivity contribution < 1.29 is 0 Å². The molecule has 0 aliphatic carbocycles. The number of nitrogens with zero attached hydrogens (tertiary/aromatic N) is 4. The van der Waals surface area contributed by atoms with Gasteiger partial charge in [0.15, 0.2) is 5.82 Å². The predicted molar refractivity (Wildman–Crippen MR) is 60.9 cm³/mol. The van der Waals surface area contributed by atoms with Crippen molar-refractivity contribution in [3.63, 3.8) is 0 Å². The number of aryl methyl sites for hydroxylation is 1. The summed E-state index contributed by atoms with van der Waals surface area (Å²) in [6.45, 7) is 0. The van der Waals surface area contributed by atoms with Gasteiger partial charge in [0.2, 0.25) is 0 Å². The fourth-order valence-corrected chi connectivity index (χ4v) is 1.66. The van der Waals surface area contributed by atoms with Crippen LogP contribution in [0.1, 0.15) is 0 Å². The van der Waals surface area contributed by atoms with Gasteiger partial charge in [-0.25, -0.2) is 9.67 Å². The third kappa shape index (κ3) is 1.88. The largest absolute Gasteiger partial charge is 0.249 e. The van der Waals surface area contributed by atoms with Crippen molar-refractivity contribution in [1.82, 2.24) is 14.8 Å². The highest BCUT2D eigenvalue weighted by molar-refractivity contribution is 7.47. The quantitative estimate of drug-likeness (QED) is 0.807. The van der Waals surface area contributed by atoms with Crippen LogP contribution in [0.5, 0.6) is 0 Å². The number of hydrogen-bond acceptors (Lipinski definition) is 4. The Bertz CT molecular complexity index is 509. The van der Waals surface area contributed by atoms with Crippen molar-refractivity contribution in [2.24, 2.45) is 11.4 Å². The van der Waals surface area contributed by atoms with Crippen LogP contribution in [-0.2, 0) is 19.5 Å². The van der Waals surface area contributed by atoms with E-state index in [2.05, 4.69) is 26.9 Å². The van der Waals surface area contributed by atoms with Crippen LogP contribution in [0.3, 0.4) is 0 Å². The lowest BCUT2D eigenvalue weighted by molar-refractivity contribution is 0.774. The number of rotatable bonds is 2. The molecule has 1 aromatic heterocycles. The lowest BCUT2D eigenvalue weighted by Gasteiger charge is -2.03. The Balaban J connectivity index is 2.55. The molecule has 0 amide bonds. The van der Waals surface area contributed by atoms with Gasteiger partial charge in [-0.15, -0.1) is 0 Å². The second kappa shape index (κ2) is 4.04. The minimum atomic E-state index is 0.567. The Labute approximate surface area is 97.1 Å². The highest BCUT2D eigenvalue weighted by Gasteiger charge is 2.09. The Morgan fingerprint density at radius 1 is 1.47 bits per heavy atom. The third-order valence-electron chi connectivity index (χ3n) is 2.01. The zero-order chi connectivity index (χ0) is 10.8. The summed E-state index contributed by atoms with van der Waals surface area (Å²) in [7, 11) is 1.81. The molecule has 0 spiro atoms. The molecule has 0 atom stereocenters. The van der Waals surface area contributed by atoms with E-state index in [0.29, 0.717) is 10.7 Å². The molecular formula is C9H7ClN4S. The first-order chi connectivity index (χ1) is 7.22. The van der Waals surface area contributed by atoms with Gasteiger partial charge >= 0.3 is 0 Å². The molecule has 0 saturated carbocycles. The molecular weight excluding hydrogens is 232 g/mol. The van der Waals surface area contributed by atoms with Crippen LogP contribution in [-0.4, -0.2) is 14.8 Å². The van der Waals surface area contributed by atoms with Gasteiger partial charge in [-0.3, -0.25) is 0 Å². The molecule has 2 rings (SSSR count). The maximum Gasteiger partial charge on any atom is 0.159 e. The minimum Gasteiger partial charge on any atom is -0.249 e. The number of benzene rings is 1. The molecule has 15 heavy (non-hydrogen) atoms. The molecule has 4 nitrogen and oxygen atoms in total. The van der Waals surface area contributed by atoms with Crippen LogP contribution < -0.4 is 0 Å². The maximum atomic E-state index is 6.08. The van der Waals surface area contributed by atoms with Crippen molar-refractivity contribution in [1.29, 1.82) is 0 Å². The summed E-state index contributed by atoms with van der Waals surface area (Å²) in [6.07, 6.45) is 1.48. The van der Waals surface area contributed by atoms with Gasteiger partial charge in [-0.2, -0.15) is 9.46 Å². The van der Waals surface area contributed by atoms with E-state index >= 15 is 0 Å². The standard InChI is InChI=1S/C9H7ClN4S/c1-14-9(11-5-12-14)7-3-2-6(13-15)4-8(7)10/h2-5H,1H3. The molecule has 76 valence electrons. The molecule has 0 bridgehead atoms. The highest BCUT2D eigenvalue weighted by Crippen LogP contribution is 2.29. The zero-order valence-corrected chi connectivity index (χ0v) is 9.46. The van der Waals surface area contributed by atoms with E-state index in [9.17, 15) is 0 Å². The average Bonchev–Trinajstić information content (AvgIpc) is 2.64. The summed E-state index contributed by atoms with van der Waals surface area (Å²) in [6, 6.07) is 5.33. The van der Waals surface area contributed by atoms with Crippen LogP contribution in [0.25, 0.3) is 11.4 Å². The minimum absolute atomic E-state index is 0.567. The van der Waals surface area contributed by atoms with Crippen LogP contribution in [0.15, 0.2) is 28.9 Å². The Hall–Kier alpha value is -1.33. The fourth-order valence-electron chi connectivity index (χ4n) is 1.28. The van der Waals surface area contributed by atoms with E-state index in [0.717, 1.165) is 11.4 Å². The van der Waals surface area contributed by atoms with Gasteiger partial charge in [0.05, 0.1) is 10.7 Å². The molecule has 0 unspecified atom stereocenters. The smallest absolute Gasteiger partial charge is 0.159 e. The normalized spacial score (nSPS) is 10.3. The van der Waals surface area contributed by atoms with Crippen molar-refractivity contribution in [2.45, 2.75) is 0 Å². The Morgan fingerprint density at radius 2 is 2.27 bits per heavy atom. The summed E-state index contributed by atoms with van der Waals surface area (Å²) >= 11 is 10.7. The molecule has 1 aromatic carbocycles. The van der Waals surface area contributed by atoms with Gasteiger partial charge < -0.3 is 0 Å². The first-order valence-electron chi connectivity index (χ1n) is 4.19. The topological polar surface area (TPSA) is 43.1 Å². The highest BCUT2D eigenvalue weighted by atomic mass is 35.5. The average molecular weight is 239 g/mol. The number of hydrogen-bond donors (Lipinski definition) is 0. The molecule has 0 aliphatic rings. The van der Waals surface area contributed by atoms with E-state index in [1.54, 1.807) is 16.8 Å². The summed E-state index contributed by atoms with van der Waals surface area (Å²) < 4.78 is 5.29. The SMILES string of the molecule is Cn1ncnc1-c1ccc(N=S)cc1Cl. The summed E-state index contributed by atoms with van der Waals surface area (Å²) in [5, 5.41) is 4.55. The van der Waals surface area contributed by atoms with Crippen molar-refractivity contribution >= 4 is 29.7 Å². The summed E-state index contributed by atoms with van der Waals surface area (Å²) in [4.78, 5) is 4.11. The maximum absolute atomic E-state index is 6.08. The van der Waals surface area contributed by atoms with E-state index < -0.39 is 0 Å². The summed E-state index contributed by atoms with van der Waals surface area (Å²) in [5.41, 5.74) is 1.49. The molecule has 0 N–H and O–H groups in total. The Morgan fingerprint density at radius 3 is 2.80 bits per heavy atom. The van der Waals surface area contributed by atoms with Gasteiger partial charge in [-0.1, -0.05) is 11.6 Å². The van der Waals surface area contributed by atoms with E-state index in [4.69, 9.17) is 11.6 Å². The van der Waals surface area contributed by atoms with Crippen molar-refractivity contribution in [2.75, 3.05) is 0 Å². The van der Waals surface area contributed by atoms with Crippen LogP contribution in [0.4, 0.5) is 5.69 Å². The van der Waals surface area contributed by atoms with Gasteiger partial charge in [0.1, 0.15) is 6.33 Å². The molecule has 6 heteroatoms. The molecule has 0 aliphatic heterocycles. The van der Waals surface area contributed by atoms with E-state index in [1.165, 1.54) is 6.33 Å². The van der Waals surface area contributed by atoms with Crippen molar-refractivity contribution in [3.05, 3.63) is 29.5 Å².